The van der Waals surface area contributed by atoms with Crippen molar-refractivity contribution in [3.05, 3.63) is 131 Å². The Balaban J connectivity index is 1.53. The summed E-state index contributed by atoms with van der Waals surface area (Å²) in [4.78, 5) is 14.6. The molecule has 4 aromatic rings. The number of hydrogen-bond acceptors (Lipinski definition) is 4. The maximum Gasteiger partial charge on any atom is 0.343 e. The van der Waals surface area contributed by atoms with Crippen LogP contribution in [0, 0.1) is 0 Å². The standard InChI is InChI=1S/C35H35NO3/c1-24-14-23-33(32-13-9-8-12-31(24)32)34(26-15-19-29(20-16-26)38-25(2)36(3)4)27-17-21-30(22-18-27)39-35(37)28-10-6-5-7-11-28/h5-13,15-22,24-25H,14,23H2,1-4H3. The lowest BCUT2D eigenvalue weighted by Gasteiger charge is -2.28. The highest BCUT2D eigenvalue weighted by Gasteiger charge is 2.24. The van der Waals surface area contributed by atoms with Gasteiger partial charge in [-0.05, 0) is 110 Å². The zero-order valence-corrected chi connectivity index (χ0v) is 23.1. The first-order chi connectivity index (χ1) is 18.9. The minimum absolute atomic E-state index is 0.0217. The summed E-state index contributed by atoms with van der Waals surface area (Å²) in [5.41, 5.74) is 7.99. The summed E-state index contributed by atoms with van der Waals surface area (Å²) in [6.07, 6.45) is 2.07. The van der Waals surface area contributed by atoms with Gasteiger partial charge in [-0.3, -0.25) is 4.90 Å². The molecule has 1 aliphatic rings. The number of fused-ring (bicyclic) bond motifs is 1. The van der Waals surface area contributed by atoms with Crippen LogP contribution in [0.15, 0.2) is 103 Å². The van der Waals surface area contributed by atoms with Gasteiger partial charge >= 0.3 is 5.97 Å². The molecule has 4 nitrogen and oxygen atoms in total. The number of ether oxygens (including phenoxy) is 2. The normalized spacial score (nSPS) is 16.8. The Morgan fingerprint density at radius 1 is 0.769 bits per heavy atom. The quantitative estimate of drug-likeness (QED) is 0.141. The van der Waals surface area contributed by atoms with Gasteiger partial charge in [-0.1, -0.05) is 73.7 Å². The van der Waals surface area contributed by atoms with E-state index >= 15 is 0 Å². The second-order valence-electron chi connectivity index (χ2n) is 10.4. The topological polar surface area (TPSA) is 38.8 Å². The predicted octanol–water partition coefficient (Wildman–Crippen LogP) is 8.05. The van der Waals surface area contributed by atoms with E-state index in [0.29, 0.717) is 17.2 Å². The summed E-state index contributed by atoms with van der Waals surface area (Å²) < 4.78 is 11.7. The molecule has 5 rings (SSSR count). The second-order valence-corrected chi connectivity index (χ2v) is 10.4. The van der Waals surface area contributed by atoms with Crippen LogP contribution >= 0.6 is 0 Å². The summed E-state index contributed by atoms with van der Waals surface area (Å²) >= 11 is 0. The van der Waals surface area contributed by atoms with Crippen LogP contribution < -0.4 is 9.47 Å². The van der Waals surface area contributed by atoms with Crippen molar-refractivity contribution >= 4 is 17.1 Å². The summed E-state index contributed by atoms with van der Waals surface area (Å²) in [7, 11) is 4.01. The first-order valence-electron chi connectivity index (χ1n) is 13.5. The van der Waals surface area contributed by atoms with E-state index in [2.05, 4.69) is 55.5 Å². The van der Waals surface area contributed by atoms with Crippen LogP contribution in [-0.4, -0.2) is 31.2 Å². The molecule has 0 spiro atoms. The third-order valence-electron chi connectivity index (χ3n) is 7.49. The largest absolute Gasteiger partial charge is 0.475 e. The number of rotatable bonds is 7. The SMILES string of the molecule is CC1CCC(=C(c2ccc(OC(=O)c3ccccc3)cc2)c2ccc(OC(C)N(C)C)cc2)c2ccccc21. The molecule has 0 bridgehead atoms. The summed E-state index contributed by atoms with van der Waals surface area (Å²) in [5.74, 6) is 1.52. The molecule has 0 radical (unpaired) electrons. The van der Waals surface area contributed by atoms with Crippen LogP contribution in [0.25, 0.3) is 11.1 Å². The number of nitrogens with zero attached hydrogens (tertiary/aromatic N) is 1. The fourth-order valence-electron chi connectivity index (χ4n) is 5.06. The Kier molecular flexibility index (Phi) is 7.94. The van der Waals surface area contributed by atoms with Gasteiger partial charge in [0.2, 0.25) is 0 Å². The fourth-order valence-corrected chi connectivity index (χ4v) is 5.06. The van der Waals surface area contributed by atoms with Gasteiger partial charge in [-0.25, -0.2) is 4.79 Å². The molecule has 0 aromatic heterocycles. The summed E-state index contributed by atoms with van der Waals surface area (Å²) in [5, 5.41) is 0. The van der Waals surface area contributed by atoms with Gasteiger partial charge in [-0.15, -0.1) is 0 Å². The molecule has 4 aromatic carbocycles. The Morgan fingerprint density at radius 2 is 1.36 bits per heavy atom. The zero-order chi connectivity index (χ0) is 27.4. The van der Waals surface area contributed by atoms with Crippen molar-refractivity contribution in [1.82, 2.24) is 4.90 Å². The number of carbonyl (C=O) groups excluding carboxylic acids is 1. The van der Waals surface area contributed by atoms with Crippen LogP contribution in [0.4, 0.5) is 0 Å². The number of allylic oxidation sites excluding steroid dienone is 1. The van der Waals surface area contributed by atoms with E-state index < -0.39 is 0 Å². The molecule has 0 amide bonds. The van der Waals surface area contributed by atoms with Crippen LogP contribution in [0.1, 0.15) is 65.2 Å². The number of carbonyl (C=O) groups is 1. The average Bonchev–Trinajstić information content (AvgIpc) is 2.96. The highest BCUT2D eigenvalue weighted by Crippen LogP contribution is 2.44. The Hall–Kier alpha value is -4.15. The van der Waals surface area contributed by atoms with Gasteiger partial charge in [0.1, 0.15) is 17.7 Å². The third kappa shape index (κ3) is 5.97. The van der Waals surface area contributed by atoms with Gasteiger partial charge < -0.3 is 9.47 Å². The fraction of sp³-hybridized carbons (Fsp3) is 0.229. The highest BCUT2D eigenvalue weighted by atomic mass is 16.5. The lowest BCUT2D eigenvalue weighted by Crippen LogP contribution is -2.30. The summed E-state index contributed by atoms with van der Waals surface area (Å²) in [6, 6.07) is 34.0. The molecule has 39 heavy (non-hydrogen) atoms. The first kappa shape index (κ1) is 26.5. The van der Waals surface area contributed by atoms with E-state index in [4.69, 9.17) is 9.47 Å². The highest BCUT2D eigenvalue weighted by molar-refractivity contribution is 6.00. The van der Waals surface area contributed by atoms with Crippen LogP contribution in [0.5, 0.6) is 11.5 Å². The van der Waals surface area contributed by atoms with E-state index in [1.54, 1.807) is 12.1 Å². The summed E-state index contributed by atoms with van der Waals surface area (Å²) in [6.45, 7) is 4.34. The molecule has 2 atom stereocenters. The zero-order valence-electron chi connectivity index (χ0n) is 23.1. The van der Waals surface area contributed by atoms with Crippen molar-refractivity contribution in [2.45, 2.75) is 38.8 Å². The molecule has 0 saturated heterocycles. The lowest BCUT2D eigenvalue weighted by atomic mass is 9.77. The van der Waals surface area contributed by atoms with Gasteiger partial charge in [-0.2, -0.15) is 0 Å². The maximum atomic E-state index is 12.6. The van der Waals surface area contributed by atoms with Crippen molar-refractivity contribution in [3.8, 4) is 11.5 Å². The molecule has 1 aliphatic carbocycles. The number of hydrogen-bond donors (Lipinski definition) is 0. The minimum atomic E-state index is -0.361. The molecule has 0 N–H and O–H groups in total. The van der Waals surface area contributed by atoms with Gasteiger partial charge in [0.15, 0.2) is 0 Å². The molecular formula is C35H35NO3. The van der Waals surface area contributed by atoms with E-state index in [0.717, 1.165) is 29.7 Å². The molecule has 0 heterocycles. The van der Waals surface area contributed by atoms with Crippen LogP contribution in [-0.2, 0) is 0 Å². The molecule has 4 heteroatoms. The minimum Gasteiger partial charge on any atom is -0.475 e. The molecule has 0 aliphatic heterocycles. The van der Waals surface area contributed by atoms with Crippen LogP contribution in [0.3, 0.4) is 0 Å². The molecule has 2 unspecified atom stereocenters. The number of esters is 1. The van der Waals surface area contributed by atoms with Gasteiger partial charge in [0, 0.05) is 0 Å². The van der Waals surface area contributed by atoms with Crippen molar-refractivity contribution in [2.24, 2.45) is 0 Å². The molecule has 0 saturated carbocycles. The average molecular weight is 518 g/mol. The Labute approximate surface area is 231 Å². The predicted molar refractivity (Wildman–Crippen MR) is 158 cm³/mol. The van der Waals surface area contributed by atoms with E-state index in [9.17, 15) is 4.79 Å². The molecular weight excluding hydrogens is 482 g/mol. The van der Waals surface area contributed by atoms with Crippen LogP contribution in [0.2, 0.25) is 0 Å². The third-order valence-corrected chi connectivity index (χ3v) is 7.49. The van der Waals surface area contributed by atoms with Gasteiger partial charge in [0.25, 0.3) is 0 Å². The van der Waals surface area contributed by atoms with Crippen molar-refractivity contribution in [3.63, 3.8) is 0 Å². The van der Waals surface area contributed by atoms with E-state index in [1.165, 1.54) is 22.3 Å². The smallest absolute Gasteiger partial charge is 0.343 e. The molecule has 0 fully saturated rings. The van der Waals surface area contributed by atoms with E-state index in [1.807, 2.05) is 68.4 Å². The Bertz CT molecular complexity index is 1450. The Morgan fingerprint density at radius 3 is 2.00 bits per heavy atom. The monoisotopic (exact) mass is 517 g/mol. The first-order valence-corrected chi connectivity index (χ1v) is 13.5. The van der Waals surface area contributed by atoms with Crippen molar-refractivity contribution in [1.29, 1.82) is 0 Å². The molecule has 198 valence electrons. The van der Waals surface area contributed by atoms with Gasteiger partial charge in [0.05, 0.1) is 5.56 Å². The number of benzene rings is 4. The second kappa shape index (κ2) is 11.7. The van der Waals surface area contributed by atoms with Crippen molar-refractivity contribution < 1.29 is 14.3 Å². The maximum absolute atomic E-state index is 12.6. The van der Waals surface area contributed by atoms with Crippen molar-refractivity contribution in [2.75, 3.05) is 14.1 Å². The lowest BCUT2D eigenvalue weighted by molar-refractivity contribution is 0.0734. The van der Waals surface area contributed by atoms with E-state index in [-0.39, 0.29) is 12.2 Å².